The molecule has 2 N–H and O–H groups in total. The van der Waals surface area contributed by atoms with Gasteiger partial charge in [0.1, 0.15) is 5.82 Å². The summed E-state index contributed by atoms with van der Waals surface area (Å²) < 4.78 is 14.4. The summed E-state index contributed by atoms with van der Waals surface area (Å²) in [6.45, 7) is 0.724. The Kier molecular flexibility index (Phi) is 5.39. The molecule has 2 aromatic rings. The average molecular weight is 292 g/mol. The molecule has 7 heteroatoms. The Morgan fingerprint density at radius 3 is 2.81 bits per heavy atom. The van der Waals surface area contributed by atoms with Crippen molar-refractivity contribution in [1.82, 2.24) is 20.3 Å². The minimum atomic E-state index is -0.843. The zero-order chi connectivity index (χ0) is 15.1. The largest absolute Gasteiger partial charge is 0.387 e. The van der Waals surface area contributed by atoms with Crippen molar-refractivity contribution >= 4 is 5.91 Å². The summed E-state index contributed by atoms with van der Waals surface area (Å²) in [5, 5.41) is 20.0. The molecular weight excluding hydrogens is 275 g/mol. The number of nitrogens with one attached hydrogen (secondary N) is 1. The monoisotopic (exact) mass is 292 g/mol. The highest BCUT2D eigenvalue weighted by molar-refractivity contribution is 5.75. The maximum absolute atomic E-state index is 12.8. The van der Waals surface area contributed by atoms with E-state index in [1.807, 2.05) is 0 Å². The van der Waals surface area contributed by atoms with E-state index in [1.54, 1.807) is 17.1 Å². The lowest BCUT2D eigenvalue weighted by atomic mass is 10.1. The molecule has 1 aromatic carbocycles. The van der Waals surface area contributed by atoms with E-state index < -0.39 is 6.10 Å². The molecule has 0 spiro atoms. The van der Waals surface area contributed by atoms with Gasteiger partial charge in [-0.15, -0.1) is 5.10 Å². The summed E-state index contributed by atoms with van der Waals surface area (Å²) in [6.07, 6.45) is 3.46. The third-order valence-corrected chi connectivity index (χ3v) is 3.01. The molecule has 2 rings (SSSR count). The van der Waals surface area contributed by atoms with Gasteiger partial charge in [0.15, 0.2) is 0 Å². The van der Waals surface area contributed by atoms with Gasteiger partial charge in [-0.05, 0) is 24.1 Å². The summed E-state index contributed by atoms with van der Waals surface area (Å²) in [5.41, 5.74) is 0.569. The third kappa shape index (κ3) is 4.96. The lowest BCUT2D eigenvalue weighted by Crippen LogP contribution is -2.28. The first-order valence-corrected chi connectivity index (χ1v) is 6.69. The van der Waals surface area contributed by atoms with Crippen LogP contribution in [0, 0.1) is 5.82 Å². The normalized spacial score (nSPS) is 12.1. The Hall–Kier alpha value is -2.28. The molecule has 1 atom stereocenters. The van der Waals surface area contributed by atoms with Gasteiger partial charge in [-0.25, -0.2) is 4.39 Å². The molecule has 0 bridgehead atoms. The van der Waals surface area contributed by atoms with Crippen LogP contribution in [0.3, 0.4) is 0 Å². The summed E-state index contributed by atoms with van der Waals surface area (Å²) in [7, 11) is 0. The number of benzene rings is 1. The van der Waals surface area contributed by atoms with Gasteiger partial charge in [0.05, 0.1) is 12.3 Å². The molecule has 0 radical (unpaired) electrons. The Morgan fingerprint density at radius 1 is 1.38 bits per heavy atom. The van der Waals surface area contributed by atoms with Crippen molar-refractivity contribution in [2.45, 2.75) is 25.5 Å². The zero-order valence-corrected chi connectivity index (χ0v) is 11.4. The molecule has 0 saturated carbocycles. The van der Waals surface area contributed by atoms with Crippen LogP contribution in [-0.4, -0.2) is 32.6 Å². The highest BCUT2D eigenvalue weighted by Gasteiger charge is 2.09. The Labute approximate surface area is 121 Å². The quantitative estimate of drug-likeness (QED) is 0.799. The molecule has 0 aliphatic rings. The van der Waals surface area contributed by atoms with Crippen LogP contribution in [-0.2, 0) is 11.3 Å². The van der Waals surface area contributed by atoms with E-state index in [0.717, 1.165) is 0 Å². The van der Waals surface area contributed by atoms with E-state index in [4.69, 9.17) is 0 Å². The van der Waals surface area contributed by atoms with Crippen molar-refractivity contribution in [2.24, 2.45) is 0 Å². The van der Waals surface area contributed by atoms with Crippen molar-refractivity contribution < 1.29 is 14.3 Å². The van der Waals surface area contributed by atoms with E-state index >= 15 is 0 Å². The number of hydrogen-bond acceptors (Lipinski definition) is 4. The second-order valence-corrected chi connectivity index (χ2v) is 4.64. The van der Waals surface area contributed by atoms with Crippen LogP contribution in [0.5, 0.6) is 0 Å². The van der Waals surface area contributed by atoms with Gasteiger partial charge in [0.2, 0.25) is 5.91 Å². The van der Waals surface area contributed by atoms with E-state index in [1.165, 1.54) is 24.3 Å². The maximum Gasteiger partial charge on any atom is 0.220 e. The first kappa shape index (κ1) is 15.1. The molecule has 1 amide bonds. The van der Waals surface area contributed by atoms with Crippen LogP contribution in [0.25, 0.3) is 0 Å². The molecule has 0 aliphatic heterocycles. The average Bonchev–Trinajstić information content (AvgIpc) is 2.99. The van der Waals surface area contributed by atoms with Gasteiger partial charge in [-0.2, -0.15) is 0 Å². The lowest BCUT2D eigenvalue weighted by Gasteiger charge is -2.12. The number of rotatable bonds is 7. The number of aliphatic hydroxyl groups excluding tert-OH is 1. The van der Waals surface area contributed by atoms with Gasteiger partial charge in [0, 0.05) is 25.7 Å². The van der Waals surface area contributed by atoms with Crippen LogP contribution in [0.4, 0.5) is 4.39 Å². The molecule has 1 aromatic heterocycles. The number of carbonyl (C=O) groups excluding carboxylic acids is 1. The van der Waals surface area contributed by atoms with Crippen LogP contribution < -0.4 is 5.32 Å². The smallest absolute Gasteiger partial charge is 0.220 e. The second kappa shape index (κ2) is 7.49. The standard InChI is InChI=1S/C14H17FN4O2/c15-12-5-3-11(4-6-12)13(20)10-16-14(21)2-1-8-19-9-7-17-18-19/h3-7,9,13,20H,1-2,8,10H2,(H,16,21). The first-order chi connectivity index (χ1) is 10.1. The highest BCUT2D eigenvalue weighted by Crippen LogP contribution is 2.12. The molecular formula is C14H17FN4O2. The predicted octanol–water partition coefficient (Wildman–Crippen LogP) is 1.05. The Bertz CT molecular complexity index is 557. The summed E-state index contributed by atoms with van der Waals surface area (Å²) >= 11 is 0. The van der Waals surface area contributed by atoms with Gasteiger partial charge >= 0.3 is 0 Å². The topological polar surface area (TPSA) is 80.0 Å². The fraction of sp³-hybridized carbons (Fsp3) is 0.357. The van der Waals surface area contributed by atoms with Gasteiger partial charge < -0.3 is 10.4 Å². The molecule has 0 aliphatic carbocycles. The fourth-order valence-corrected chi connectivity index (χ4v) is 1.86. The minimum Gasteiger partial charge on any atom is -0.387 e. The van der Waals surface area contributed by atoms with Gasteiger partial charge in [-0.3, -0.25) is 9.48 Å². The number of amides is 1. The van der Waals surface area contributed by atoms with E-state index in [-0.39, 0.29) is 18.3 Å². The van der Waals surface area contributed by atoms with Crippen molar-refractivity contribution in [1.29, 1.82) is 0 Å². The second-order valence-electron chi connectivity index (χ2n) is 4.64. The molecule has 1 heterocycles. The molecule has 0 fully saturated rings. The Morgan fingerprint density at radius 2 is 2.14 bits per heavy atom. The van der Waals surface area contributed by atoms with Gasteiger partial charge in [0.25, 0.3) is 0 Å². The van der Waals surface area contributed by atoms with E-state index in [0.29, 0.717) is 24.9 Å². The van der Waals surface area contributed by atoms with Crippen molar-refractivity contribution in [2.75, 3.05) is 6.54 Å². The lowest BCUT2D eigenvalue weighted by molar-refractivity contribution is -0.121. The number of nitrogens with zero attached hydrogens (tertiary/aromatic N) is 3. The molecule has 1 unspecified atom stereocenters. The van der Waals surface area contributed by atoms with Gasteiger partial charge in [-0.1, -0.05) is 17.3 Å². The number of aliphatic hydroxyl groups is 1. The number of aromatic nitrogens is 3. The number of aryl methyl sites for hydroxylation is 1. The molecule has 0 saturated heterocycles. The van der Waals surface area contributed by atoms with Crippen LogP contribution >= 0.6 is 0 Å². The summed E-state index contributed by atoms with van der Waals surface area (Å²) in [6, 6.07) is 5.55. The molecule has 6 nitrogen and oxygen atoms in total. The van der Waals surface area contributed by atoms with Crippen LogP contribution in [0.1, 0.15) is 24.5 Å². The molecule has 21 heavy (non-hydrogen) atoms. The predicted molar refractivity (Wildman–Crippen MR) is 73.6 cm³/mol. The molecule has 112 valence electrons. The van der Waals surface area contributed by atoms with Crippen LogP contribution in [0.15, 0.2) is 36.7 Å². The minimum absolute atomic E-state index is 0.105. The number of hydrogen-bond donors (Lipinski definition) is 2. The zero-order valence-electron chi connectivity index (χ0n) is 11.4. The van der Waals surface area contributed by atoms with Crippen molar-refractivity contribution in [3.63, 3.8) is 0 Å². The van der Waals surface area contributed by atoms with Crippen LogP contribution in [0.2, 0.25) is 0 Å². The Balaban J connectivity index is 1.67. The summed E-state index contributed by atoms with van der Waals surface area (Å²) in [5.74, 6) is -0.501. The number of halogens is 1. The first-order valence-electron chi connectivity index (χ1n) is 6.69. The van der Waals surface area contributed by atoms with Crippen molar-refractivity contribution in [3.05, 3.63) is 48.0 Å². The van der Waals surface area contributed by atoms with E-state index in [2.05, 4.69) is 15.6 Å². The fourth-order valence-electron chi connectivity index (χ4n) is 1.86. The van der Waals surface area contributed by atoms with Crippen molar-refractivity contribution in [3.8, 4) is 0 Å². The number of carbonyl (C=O) groups is 1. The maximum atomic E-state index is 12.8. The SMILES string of the molecule is O=C(CCCn1ccnn1)NCC(O)c1ccc(F)cc1. The highest BCUT2D eigenvalue weighted by atomic mass is 19.1. The van der Waals surface area contributed by atoms with E-state index in [9.17, 15) is 14.3 Å². The summed E-state index contributed by atoms with van der Waals surface area (Å²) in [4.78, 5) is 11.6. The third-order valence-electron chi connectivity index (χ3n) is 3.01.